The fourth-order valence-corrected chi connectivity index (χ4v) is 2.90. The fraction of sp³-hybridized carbons (Fsp3) is 0.474. The summed E-state index contributed by atoms with van der Waals surface area (Å²) in [5.41, 5.74) is 0.159. The second kappa shape index (κ2) is 10.6. The van der Waals surface area contributed by atoms with Gasteiger partial charge in [-0.05, 0) is 24.5 Å². The first kappa shape index (κ1) is 23.2. The first-order valence-corrected chi connectivity index (χ1v) is 9.21. The molecule has 0 bridgehead atoms. The number of carboxylic acids is 1. The zero-order valence-electron chi connectivity index (χ0n) is 16.3. The molecular weight excluding hydrogens is 389 g/mol. The molecule has 9 nitrogen and oxygen atoms in total. The number of amides is 2. The number of aromatic nitrogens is 1. The third kappa shape index (κ3) is 6.73. The van der Waals surface area contributed by atoms with Crippen LogP contribution >= 0.6 is 0 Å². The smallest absolute Gasteiger partial charge is 0.548 e. The molecule has 29 heavy (non-hydrogen) atoms. The topological polar surface area (TPSA) is 132 Å². The number of carboxylic acid groups (broad SMARTS) is 1. The predicted molar refractivity (Wildman–Crippen MR) is 94.8 cm³/mol. The molecule has 1 fully saturated rings. The summed E-state index contributed by atoms with van der Waals surface area (Å²) in [5.74, 6) is -2.01. The van der Waals surface area contributed by atoms with Crippen LogP contribution in [0.15, 0.2) is 29.7 Å². The standard InChI is InChI=1S/C19H23N3O6.Na/c23-15-5-7-22(19(27)17(15)18(26)21-10-16(24)25)11-13-3-4-14(9-20-13)28-8-6-12-1-2-12;/h3-4,9,12,23H,1-2,5-8,10-11H2,(H,21,26)(H,24,25);/q;+1/p-1. The van der Waals surface area contributed by atoms with Gasteiger partial charge in [0.1, 0.15) is 17.1 Å². The van der Waals surface area contributed by atoms with Crippen molar-refractivity contribution in [2.75, 3.05) is 19.7 Å². The number of aliphatic hydroxyl groups is 1. The van der Waals surface area contributed by atoms with E-state index in [-0.39, 0.29) is 54.8 Å². The third-order valence-corrected chi connectivity index (χ3v) is 4.67. The Kier molecular flexibility index (Phi) is 8.48. The molecule has 2 heterocycles. The zero-order valence-corrected chi connectivity index (χ0v) is 18.3. The van der Waals surface area contributed by atoms with Crippen molar-refractivity contribution in [2.24, 2.45) is 5.92 Å². The monoisotopic (exact) mass is 411 g/mol. The molecule has 1 saturated carbocycles. The summed E-state index contributed by atoms with van der Waals surface area (Å²) in [6, 6.07) is 3.53. The van der Waals surface area contributed by atoms with E-state index in [0.29, 0.717) is 18.1 Å². The molecule has 1 aliphatic carbocycles. The minimum absolute atomic E-state index is 0. The van der Waals surface area contributed by atoms with Crippen molar-refractivity contribution < 1.29 is 58.9 Å². The Morgan fingerprint density at radius 3 is 2.72 bits per heavy atom. The number of nitrogens with zero attached hydrogens (tertiary/aromatic N) is 2. The average Bonchev–Trinajstić information content (AvgIpc) is 3.48. The van der Waals surface area contributed by atoms with Crippen LogP contribution in [-0.2, 0) is 20.9 Å². The second-order valence-electron chi connectivity index (χ2n) is 6.92. The molecule has 150 valence electrons. The van der Waals surface area contributed by atoms with Gasteiger partial charge >= 0.3 is 29.6 Å². The molecule has 0 spiro atoms. The normalized spacial score (nSPS) is 16.3. The number of hydrogen-bond acceptors (Lipinski definition) is 7. The van der Waals surface area contributed by atoms with Gasteiger partial charge in [-0.3, -0.25) is 14.6 Å². The van der Waals surface area contributed by atoms with Gasteiger partial charge in [-0.2, -0.15) is 0 Å². The van der Waals surface area contributed by atoms with Gasteiger partial charge in [-0.15, -0.1) is 0 Å². The number of pyridine rings is 1. The van der Waals surface area contributed by atoms with E-state index in [1.807, 2.05) is 5.32 Å². The minimum Gasteiger partial charge on any atom is -0.548 e. The molecule has 2 N–H and O–H groups in total. The Morgan fingerprint density at radius 2 is 2.10 bits per heavy atom. The number of nitrogens with one attached hydrogen (secondary N) is 1. The number of carbonyl (C=O) groups is 3. The van der Waals surface area contributed by atoms with E-state index >= 15 is 0 Å². The van der Waals surface area contributed by atoms with Crippen molar-refractivity contribution in [3.8, 4) is 5.75 Å². The van der Waals surface area contributed by atoms with E-state index < -0.39 is 29.9 Å². The van der Waals surface area contributed by atoms with Crippen LogP contribution in [0.25, 0.3) is 0 Å². The van der Waals surface area contributed by atoms with Crippen LogP contribution in [0.2, 0.25) is 0 Å². The molecule has 2 amide bonds. The molecule has 1 aromatic heterocycles. The SMILES string of the molecule is O=C([O-])CNC(=O)C1=C(O)CCN(Cc2ccc(OCCC3CC3)cn2)C1=O.[Na+]. The van der Waals surface area contributed by atoms with Crippen molar-refractivity contribution in [1.82, 2.24) is 15.2 Å². The molecule has 10 heteroatoms. The number of aliphatic carboxylic acids is 1. The van der Waals surface area contributed by atoms with Gasteiger partial charge in [0.05, 0.1) is 37.6 Å². The summed E-state index contributed by atoms with van der Waals surface area (Å²) in [4.78, 5) is 40.7. The van der Waals surface area contributed by atoms with Crippen LogP contribution in [0.1, 0.15) is 31.4 Å². The number of hydrogen-bond donors (Lipinski definition) is 2. The predicted octanol–water partition coefficient (Wildman–Crippen LogP) is -3.32. The fourth-order valence-electron chi connectivity index (χ4n) is 2.90. The zero-order chi connectivity index (χ0) is 20.1. The third-order valence-electron chi connectivity index (χ3n) is 4.67. The van der Waals surface area contributed by atoms with Gasteiger partial charge in [-0.25, -0.2) is 0 Å². The molecule has 2 aliphatic rings. The van der Waals surface area contributed by atoms with Gasteiger partial charge in [0, 0.05) is 13.0 Å². The summed E-state index contributed by atoms with van der Waals surface area (Å²) in [6.07, 6.45) is 5.30. The molecule has 3 rings (SSSR count). The van der Waals surface area contributed by atoms with E-state index in [1.165, 1.54) is 17.7 Å². The van der Waals surface area contributed by atoms with Crippen molar-refractivity contribution >= 4 is 17.8 Å². The first-order valence-electron chi connectivity index (χ1n) is 9.21. The quantitative estimate of drug-likeness (QED) is 0.321. The van der Waals surface area contributed by atoms with Crippen molar-refractivity contribution in [2.45, 2.75) is 32.2 Å². The van der Waals surface area contributed by atoms with Crippen LogP contribution in [0.5, 0.6) is 5.75 Å². The molecule has 0 radical (unpaired) electrons. The van der Waals surface area contributed by atoms with E-state index in [9.17, 15) is 24.6 Å². The maximum absolute atomic E-state index is 12.5. The van der Waals surface area contributed by atoms with Crippen LogP contribution in [0, 0.1) is 5.92 Å². The Hall–Kier alpha value is -2.10. The van der Waals surface area contributed by atoms with Crippen molar-refractivity contribution in [1.29, 1.82) is 0 Å². The Balaban J connectivity index is 0.00000300. The van der Waals surface area contributed by atoms with Gasteiger partial charge in [0.2, 0.25) is 0 Å². The minimum atomic E-state index is -1.49. The molecule has 1 aromatic rings. The van der Waals surface area contributed by atoms with E-state index in [0.717, 1.165) is 12.3 Å². The van der Waals surface area contributed by atoms with Crippen LogP contribution in [0.3, 0.4) is 0 Å². The van der Waals surface area contributed by atoms with Gasteiger partial charge in [-0.1, -0.05) is 12.8 Å². The van der Waals surface area contributed by atoms with E-state index in [1.54, 1.807) is 18.3 Å². The van der Waals surface area contributed by atoms with E-state index in [4.69, 9.17) is 4.74 Å². The Bertz CT molecular complexity index is 792. The molecule has 0 saturated heterocycles. The van der Waals surface area contributed by atoms with Gasteiger partial charge < -0.3 is 30.0 Å². The summed E-state index contributed by atoms with van der Waals surface area (Å²) in [5, 5.41) is 22.4. The van der Waals surface area contributed by atoms with Gasteiger partial charge in [0.25, 0.3) is 11.8 Å². The number of ether oxygens (including phenoxy) is 1. The van der Waals surface area contributed by atoms with Gasteiger partial charge in [0.15, 0.2) is 0 Å². The maximum atomic E-state index is 12.5. The van der Waals surface area contributed by atoms with E-state index in [2.05, 4.69) is 4.98 Å². The Morgan fingerprint density at radius 1 is 1.34 bits per heavy atom. The van der Waals surface area contributed by atoms with Crippen LogP contribution in [-0.4, -0.2) is 52.5 Å². The number of carbonyl (C=O) groups excluding carboxylic acids is 3. The number of aliphatic hydroxyl groups excluding tert-OH is 1. The second-order valence-corrected chi connectivity index (χ2v) is 6.92. The summed E-state index contributed by atoms with van der Waals surface area (Å²) in [7, 11) is 0. The molecule has 0 unspecified atom stereocenters. The maximum Gasteiger partial charge on any atom is 1.00 e. The largest absolute Gasteiger partial charge is 1.00 e. The molecule has 1 aliphatic heterocycles. The molecule has 0 aromatic carbocycles. The summed E-state index contributed by atoms with van der Waals surface area (Å²) >= 11 is 0. The Labute approximate surface area is 190 Å². The molecule has 0 atom stereocenters. The number of rotatable bonds is 9. The summed E-state index contributed by atoms with van der Waals surface area (Å²) < 4.78 is 5.64. The first-order chi connectivity index (χ1) is 13.4. The van der Waals surface area contributed by atoms with Crippen LogP contribution < -0.4 is 44.7 Å². The van der Waals surface area contributed by atoms with Crippen molar-refractivity contribution in [3.05, 3.63) is 35.4 Å². The van der Waals surface area contributed by atoms with Crippen LogP contribution in [0.4, 0.5) is 0 Å². The summed E-state index contributed by atoms with van der Waals surface area (Å²) in [6.45, 7) is 0.298. The van der Waals surface area contributed by atoms with Crippen molar-refractivity contribution in [3.63, 3.8) is 0 Å². The molecular formula is C19H22N3NaO6. The average molecular weight is 411 g/mol.